The Morgan fingerprint density at radius 2 is 1.94 bits per heavy atom. The molecule has 0 aromatic heterocycles. The van der Waals surface area contributed by atoms with E-state index in [1.165, 1.54) is 0 Å². The summed E-state index contributed by atoms with van der Waals surface area (Å²) in [6, 6.07) is -0.454. The summed E-state index contributed by atoms with van der Waals surface area (Å²) in [5.74, 6) is -0.755. The quantitative estimate of drug-likeness (QED) is 0.572. The Morgan fingerprint density at radius 1 is 1.28 bits per heavy atom. The van der Waals surface area contributed by atoms with Gasteiger partial charge in [-0.05, 0) is 53.1 Å². The van der Waals surface area contributed by atoms with Crippen LogP contribution in [-0.4, -0.2) is 73.7 Å². The standard InChI is InChI=1S/C13H29N3O2/c1-5-8-14-12(13(17)18)11-16(6-2)10-7-9-15(3)4/h12,14H,5-11H2,1-4H3,(H,17,18). The van der Waals surface area contributed by atoms with Gasteiger partial charge in [-0.25, -0.2) is 0 Å². The Kier molecular flexibility index (Phi) is 9.92. The number of nitrogens with zero attached hydrogens (tertiary/aromatic N) is 2. The van der Waals surface area contributed by atoms with Crippen molar-refractivity contribution in [3.63, 3.8) is 0 Å². The van der Waals surface area contributed by atoms with Gasteiger partial charge in [0.25, 0.3) is 0 Å². The molecule has 0 bridgehead atoms. The van der Waals surface area contributed by atoms with Crippen LogP contribution in [-0.2, 0) is 4.79 Å². The van der Waals surface area contributed by atoms with Crippen LogP contribution in [0.5, 0.6) is 0 Å². The van der Waals surface area contributed by atoms with Gasteiger partial charge in [-0.3, -0.25) is 4.79 Å². The topological polar surface area (TPSA) is 55.8 Å². The van der Waals surface area contributed by atoms with Crippen LogP contribution in [0.3, 0.4) is 0 Å². The minimum atomic E-state index is -0.755. The fourth-order valence-corrected chi connectivity index (χ4v) is 1.80. The molecule has 108 valence electrons. The lowest BCUT2D eigenvalue weighted by molar-refractivity contribution is -0.140. The molecule has 0 heterocycles. The third-order valence-corrected chi connectivity index (χ3v) is 2.91. The number of likely N-dealkylation sites (N-methyl/N-ethyl adjacent to an activating group) is 1. The van der Waals surface area contributed by atoms with Crippen molar-refractivity contribution in [2.45, 2.75) is 32.7 Å². The number of carbonyl (C=O) groups is 1. The van der Waals surface area contributed by atoms with Gasteiger partial charge in [-0.15, -0.1) is 0 Å². The summed E-state index contributed by atoms with van der Waals surface area (Å²) in [5, 5.41) is 12.2. The summed E-state index contributed by atoms with van der Waals surface area (Å²) in [6.45, 7) is 8.34. The summed E-state index contributed by atoms with van der Waals surface area (Å²) in [7, 11) is 4.11. The first kappa shape index (κ1) is 17.4. The summed E-state index contributed by atoms with van der Waals surface area (Å²) in [6.07, 6.45) is 2.03. The normalized spacial score (nSPS) is 13.2. The van der Waals surface area contributed by atoms with Gasteiger partial charge in [-0.1, -0.05) is 13.8 Å². The smallest absolute Gasteiger partial charge is 0.322 e. The minimum Gasteiger partial charge on any atom is -0.480 e. The second kappa shape index (κ2) is 10.3. The molecule has 0 aliphatic heterocycles. The van der Waals surface area contributed by atoms with Crippen molar-refractivity contribution in [2.24, 2.45) is 0 Å². The van der Waals surface area contributed by atoms with Crippen molar-refractivity contribution < 1.29 is 9.90 Å². The van der Waals surface area contributed by atoms with Crippen molar-refractivity contribution in [1.82, 2.24) is 15.1 Å². The molecule has 0 aliphatic carbocycles. The third kappa shape index (κ3) is 8.44. The highest BCUT2D eigenvalue weighted by Gasteiger charge is 2.19. The average Bonchev–Trinajstić information content (AvgIpc) is 2.31. The minimum absolute atomic E-state index is 0.454. The highest BCUT2D eigenvalue weighted by molar-refractivity contribution is 5.73. The number of hydrogen-bond acceptors (Lipinski definition) is 4. The molecule has 0 spiro atoms. The van der Waals surface area contributed by atoms with Gasteiger partial charge in [0.1, 0.15) is 6.04 Å². The van der Waals surface area contributed by atoms with Gasteiger partial charge in [0.05, 0.1) is 0 Å². The molecule has 5 nitrogen and oxygen atoms in total. The van der Waals surface area contributed by atoms with Gasteiger partial charge in [0.15, 0.2) is 0 Å². The van der Waals surface area contributed by atoms with Gasteiger partial charge in [0.2, 0.25) is 0 Å². The summed E-state index contributed by atoms with van der Waals surface area (Å²) >= 11 is 0. The Hall–Kier alpha value is -0.650. The van der Waals surface area contributed by atoms with E-state index in [0.717, 1.165) is 39.0 Å². The second-order valence-electron chi connectivity index (χ2n) is 4.90. The average molecular weight is 259 g/mol. The molecule has 0 aromatic carbocycles. The fraction of sp³-hybridized carbons (Fsp3) is 0.923. The molecule has 0 radical (unpaired) electrons. The summed E-state index contributed by atoms with van der Waals surface area (Å²) < 4.78 is 0. The molecular formula is C13H29N3O2. The fourth-order valence-electron chi connectivity index (χ4n) is 1.80. The predicted octanol–water partition coefficient (Wildman–Crippen LogP) is 0.713. The van der Waals surface area contributed by atoms with Crippen LogP contribution in [0.25, 0.3) is 0 Å². The molecule has 1 unspecified atom stereocenters. The van der Waals surface area contributed by atoms with Crippen LogP contribution < -0.4 is 5.32 Å². The lowest BCUT2D eigenvalue weighted by atomic mass is 10.2. The lowest BCUT2D eigenvalue weighted by Gasteiger charge is -2.25. The maximum absolute atomic E-state index is 11.1. The molecule has 0 aromatic rings. The molecule has 0 saturated heterocycles. The van der Waals surface area contributed by atoms with Crippen molar-refractivity contribution in [3.8, 4) is 0 Å². The predicted molar refractivity (Wildman–Crippen MR) is 75.0 cm³/mol. The molecule has 0 rings (SSSR count). The highest BCUT2D eigenvalue weighted by atomic mass is 16.4. The van der Waals surface area contributed by atoms with Crippen molar-refractivity contribution >= 4 is 5.97 Å². The molecule has 1 atom stereocenters. The van der Waals surface area contributed by atoms with E-state index in [0.29, 0.717) is 6.54 Å². The maximum Gasteiger partial charge on any atom is 0.322 e. The monoisotopic (exact) mass is 259 g/mol. The molecule has 18 heavy (non-hydrogen) atoms. The van der Waals surface area contributed by atoms with Gasteiger partial charge >= 0.3 is 5.97 Å². The van der Waals surface area contributed by atoms with E-state index >= 15 is 0 Å². The zero-order valence-electron chi connectivity index (χ0n) is 12.3. The van der Waals surface area contributed by atoms with Crippen molar-refractivity contribution in [3.05, 3.63) is 0 Å². The first-order valence-corrected chi connectivity index (χ1v) is 6.84. The number of hydrogen-bond donors (Lipinski definition) is 2. The lowest BCUT2D eigenvalue weighted by Crippen LogP contribution is -2.46. The molecule has 0 aliphatic rings. The first-order chi connectivity index (χ1) is 8.51. The van der Waals surface area contributed by atoms with Gasteiger partial charge in [0, 0.05) is 6.54 Å². The Bertz CT molecular complexity index is 222. The Balaban J connectivity index is 4.07. The maximum atomic E-state index is 11.1. The molecule has 0 amide bonds. The van der Waals surface area contributed by atoms with Crippen LogP contribution >= 0.6 is 0 Å². The van der Waals surface area contributed by atoms with Crippen LogP contribution in [0.4, 0.5) is 0 Å². The third-order valence-electron chi connectivity index (χ3n) is 2.91. The van der Waals surface area contributed by atoms with Crippen LogP contribution in [0, 0.1) is 0 Å². The molecule has 5 heteroatoms. The highest BCUT2D eigenvalue weighted by Crippen LogP contribution is 1.97. The largest absolute Gasteiger partial charge is 0.480 e. The van der Waals surface area contributed by atoms with E-state index in [9.17, 15) is 4.79 Å². The Labute approximate surface area is 111 Å². The summed E-state index contributed by atoms with van der Waals surface area (Å²) in [4.78, 5) is 15.5. The number of carboxylic acid groups (broad SMARTS) is 1. The molecule has 2 N–H and O–H groups in total. The van der Waals surface area contributed by atoms with Crippen molar-refractivity contribution in [1.29, 1.82) is 0 Å². The van der Waals surface area contributed by atoms with E-state index in [1.807, 2.05) is 6.92 Å². The molecule has 0 saturated carbocycles. The molecular weight excluding hydrogens is 230 g/mol. The van der Waals surface area contributed by atoms with E-state index in [-0.39, 0.29) is 0 Å². The number of nitrogens with one attached hydrogen (secondary N) is 1. The van der Waals surface area contributed by atoms with Crippen LogP contribution in [0.1, 0.15) is 26.7 Å². The van der Waals surface area contributed by atoms with E-state index in [4.69, 9.17) is 5.11 Å². The zero-order valence-corrected chi connectivity index (χ0v) is 12.3. The van der Waals surface area contributed by atoms with Crippen LogP contribution in [0.2, 0.25) is 0 Å². The molecule has 0 fully saturated rings. The number of carboxylic acids is 1. The first-order valence-electron chi connectivity index (χ1n) is 6.84. The Morgan fingerprint density at radius 3 is 2.39 bits per heavy atom. The SMILES string of the molecule is CCCNC(CN(CC)CCCN(C)C)C(=O)O. The van der Waals surface area contributed by atoms with E-state index in [1.54, 1.807) is 0 Å². The number of rotatable bonds is 11. The zero-order chi connectivity index (χ0) is 14.0. The second-order valence-corrected chi connectivity index (χ2v) is 4.90. The van der Waals surface area contributed by atoms with E-state index < -0.39 is 12.0 Å². The van der Waals surface area contributed by atoms with Gasteiger partial charge in [-0.2, -0.15) is 0 Å². The van der Waals surface area contributed by atoms with Crippen LogP contribution in [0.15, 0.2) is 0 Å². The van der Waals surface area contributed by atoms with E-state index in [2.05, 4.69) is 36.1 Å². The number of aliphatic carboxylic acids is 1. The van der Waals surface area contributed by atoms with Gasteiger partial charge < -0.3 is 20.2 Å². The van der Waals surface area contributed by atoms with Crippen molar-refractivity contribution in [2.75, 3.05) is 46.8 Å². The summed E-state index contributed by atoms with van der Waals surface area (Å²) in [5.41, 5.74) is 0.